The minimum Gasteiger partial charge on any atom is -0.497 e. The molecule has 0 unspecified atom stereocenters. The van der Waals surface area contributed by atoms with Crippen molar-refractivity contribution < 1.29 is 14.3 Å². The van der Waals surface area contributed by atoms with E-state index in [4.69, 9.17) is 4.74 Å². The maximum atomic E-state index is 12.8. The fourth-order valence-corrected chi connectivity index (χ4v) is 2.68. The van der Waals surface area contributed by atoms with Gasteiger partial charge in [0.05, 0.1) is 12.8 Å². The number of ether oxygens (including phenoxy) is 1. The third-order valence-electron chi connectivity index (χ3n) is 3.83. The number of hydrogen-bond acceptors (Lipinski definition) is 5. The number of carbonyl (C=O) groups excluding carboxylic acids is 2. The van der Waals surface area contributed by atoms with E-state index in [2.05, 4.69) is 10.3 Å². The highest BCUT2D eigenvalue weighted by atomic mass is 16.5. The summed E-state index contributed by atoms with van der Waals surface area (Å²) in [5, 5.41) is 7.91. The van der Waals surface area contributed by atoms with E-state index in [1.807, 2.05) is 0 Å². The van der Waals surface area contributed by atoms with Gasteiger partial charge >= 0.3 is 0 Å². The van der Waals surface area contributed by atoms with Gasteiger partial charge in [-0.3, -0.25) is 9.59 Å². The van der Waals surface area contributed by atoms with Crippen molar-refractivity contribution in [1.29, 1.82) is 0 Å². The number of nitrogens with zero attached hydrogens (tertiary/aromatic N) is 3. The van der Waals surface area contributed by atoms with Crippen LogP contribution in [0.4, 0.5) is 0 Å². The van der Waals surface area contributed by atoms with Gasteiger partial charge < -0.3 is 4.74 Å². The maximum Gasteiger partial charge on any atom is 0.216 e. The van der Waals surface area contributed by atoms with Crippen molar-refractivity contribution in [3.05, 3.63) is 71.0 Å². The van der Waals surface area contributed by atoms with E-state index in [0.29, 0.717) is 22.6 Å². The Morgan fingerprint density at radius 1 is 0.913 bits per heavy atom. The zero-order valence-electron chi connectivity index (χ0n) is 12.2. The molecule has 1 aliphatic rings. The first kappa shape index (κ1) is 13.4. The fourth-order valence-electron chi connectivity index (χ4n) is 2.68. The standard InChI is InChI=1S/C17H11N3O3/c1-23-11-8-6-10(7-9-11)20-15-14(18-19-20)16(21)12-4-2-3-5-13(12)17(15)22/h2-9H,1H3. The van der Waals surface area contributed by atoms with E-state index in [1.165, 1.54) is 4.68 Å². The van der Waals surface area contributed by atoms with Crippen molar-refractivity contribution >= 4 is 11.6 Å². The summed E-state index contributed by atoms with van der Waals surface area (Å²) in [5.41, 5.74) is 1.66. The summed E-state index contributed by atoms with van der Waals surface area (Å²) in [6.45, 7) is 0. The van der Waals surface area contributed by atoms with Crippen LogP contribution in [0.2, 0.25) is 0 Å². The second-order valence-corrected chi connectivity index (χ2v) is 5.10. The lowest BCUT2D eigenvalue weighted by Crippen LogP contribution is -2.22. The third kappa shape index (κ3) is 1.88. The largest absolute Gasteiger partial charge is 0.497 e. The number of aromatic nitrogens is 3. The van der Waals surface area contributed by atoms with Gasteiger partial charge in [0.25, 0.3) is 0 Å². The highest BCUT2D eigenvalue weighted by Crippen LogP contribution is 2.27. The van der Waals surface area contributed by atoms with Gasteiger partial charge in [0.1, 0.15) is 11.4 Å². The zero-order valence-corrected chi connectivity index (χ0v) is 12.2. The monoisotopic (exact) mass is 305 g/mol. The number of hydrogen-bond donors (Lipinski definition) is 0. The Balaban J connectivity index is 1.89. The first-order valence-corrected chi connectivity index (χ1v) is 6.99. The SMILES string of the molecule is COc1ccc(-n2nnc3c2C(=O)c2ccccc2C3=O)cc1. The van der Waals surface area contributed by atoms with Gasteiger partial charge in [-0.25, -0.2) is 4.68 Å². The predicted molar refractivity (Wildman–Crippen MR) is 81.2 cm³/mol. The molecule has 6 nitrogen and oxygen atoms in total. The van der Waals surface area contributed by atoms with Gasteiger partial charge in [0.15, 0.2) is 5.69 Å². The Morgan fingerprint density at radius 2 is 1.57 bits per heavy atom. The topological polar surface area (TPSA) is 74.1 Å². The molecule has 0 atom stereocenters. The van der Waals surface area contributed by atoms with Gasteiger partial charge in [-0.15, -0.1) is 5.10 Å². The summed E-state index contributed by atoms with van der Waals surface area (Å²) in [4.78, 5) is 25.3. The van der Waals surface area contributed by atoms with E-state index in [0.717, 1.165) is 0 Å². The van der Waals surface area contributed by atoms with E-state index in [1.54, 1.807) is 55.6 Å². The van der Waals surface area contributed by atoms with Crippen molar-refractivity contribution in [3.63, 3.8) is 0 Å². The first-order chi connectivity index (χ1) is 11.2. The van der Waals surface area contributed by atoms with Crippen LogP contribution in [0.1, 0.15) is 32.1 Å². The van der Waals surface area contributed by atoms with Crippen molar-refractivity contribution in [2.75, 3.05) is 7.11 Å². The highest BCUT2D eigenvalue weighted by Gasteiger charge is 2.35. The number of ketones is 2. The van der Waals surface area contributed by atoms with Crippen LogP contribution < -0.4 is 4.74 Å². The second kappa shape index (κ2) is 4.88. The lowest BCUT2D eigenvalue weighted by atomic mass is 9.90. The number of rotatable bonds is 2. The molecule has 112 valence electrons. The van der Waals surface area contributed by atoms with E-state index >= 15 is 0 Å². The van der Waals surface area contributed by atoms with E-state index < -0.39 is 0 Å². The summed E-state index contributed by atoms with van der Waals surface area (Å²) in [5.74, 6) is 0.154. The first-order valence-electron chi connectivity index (χ1n) is 6.99. The molecule has 0 saturated carbocycles. The molecule has 4 rings (SSSR count). The molecule has 0 spiro atoms. The minimum absolute atomic E-state index is 0.0875. The minimum atomic E-state index is -0.282. The van der Waals surface area contributed by atoms with Crippen LogP contribution in [0.25, 0.3) is 5.69 Å². The van der Waals surface area contributed by atoms with Crippen molar-refractivity contribution in [3.8, 4) is 11.4 Å². The van der Waals surface area contributed by atoms with Gasteiger partial charge in [0, 0.05) is 11.1 Å². The Morgan fingerprint density at radius 3 is 2.22 bits per heavy atom. The lowest BCUT2D eigenvalue weighted by Gasteiger charge is -2.14. The van der Waals surface area contributed by atoms with Crippen LogP contribution in [-0.2, 0) is 0 Å². The zero-order chi connectivity index (χ0) is 16.0. The average molecular weight is 305 g/mol. The third-order valence-corrected chi connectivity index (χ3v) is 3.83. The molecule has 0 saturated heterocycles. The molecule has 0 radical (unpaired) electrons. The van der Waals surface area contributed by atoms with Gasteiger partial charge in [0.2, 0.25) is 11.6 Å². The number of carbonyl (C=O) groups is 2. The Kier molecular flexibility index (Phi) is 2.84. The molecular formula is C17H11N3O3. The van der Waals surface area contributed by atoms with Gasteiger partial charge in [-0.2, -0.15) is 0 Å². The summed E-state index contributed by atoms with van der Waals surface area (Å²) in [6, 6.07) is 13.8. The molecule has 2 aromatic carbocycles. The average Bonchev–Trinajstić information content (AvgIpc) is 3.05. The Labute approximate surface area is 131 Å². The molecule has 1 aliphatic carbocycles. The summed E-state index contributed by atoms with van der Waals surface area (Å²) >= 11 is 0. The normalized spacial score (nSPS) is 12.7. The second-order valence-electron chi connectivity index (χ2n) is 5.10. The molecule has 0 fully saturated rings. The molecular weight excluding hydrogens is 294 g/mol. The molecule has 0 amide bonds. The summed E-state index contributed by atoms with van der Waals surface area (Å²) in [7, 11) is 1.57. The lowest BCUT2D eigenvalue weighted by molar-refractivity contribution is 0.0972. The highest BCUT2D eigenvalue weighted by molar-refractivity contribution is 6.27. The Bertz CT molecular complexity index is 942. The van der Waals surface area contributed by atoms with E-state index in [-0.39, 0.29) is 23.0 Å². The van der Waals surface area contributed by atoms with Crippen molar-refractivity contribution in [1.82, 2.24) is 15.0 Å². The number of methoxy groups -OCH3 is 1. The number of fused-ring (bicyclic) bond motifs is 2. The van der Waals surface area contributed by atoms with Gasteiger partial charge in [-0.05, 0) is 24.3 Å². The predicted octanol–water partition coefficient (Wildman–Crippen LogP) is 2.05. The van der Waals surface area contributed by atoms with Crippen molar-refractivity contribution in [2.24, 2.45) is 0 Å². The fraction of sp³-hybridized carbons (Fsp3) is 0.0588. The van der Waals surface area contributed by atoms with Crippen LogP contribution in [0, 0.1) is 0 Å². The molecule has 3 aromatic rings. The molecule has 0 bridgehead atoms. The van der Waals surface area contributed by atoms with Gasteiger partial charge in [-0.1, -0.05) is 29.5 Å². The molecule has 1 heterocycles. The quantitative estimate of drug-likeness (QED) is 0.566. The maximum absolute atomic E-state index is 12.8. The molecule has 23 heavy (non-hydrogen) atoms. The van der Waals surface area contributed by atoms with Crippen molar-refractivity contribution in [2.45, 2.75) is 0 Å². The van der Waals surface area contributed by atoms with Crippen LogP contribution in [0.3, 0.4) is 0 Å². The van der Waals surface area contributed by atoms with E-state index in [9.17, 15) is 9.59 Å². The molecule has 0 N–H and O–H groups in total. The van der Waals surface area contributed by atoms with Crippen LogP contribution in [0.15, 0.2) is 48.5 Å². The number of benzene rings is 2. The summed E-state index contributed by atoms with van der Waals surface area (Å²) < 4.78 is 6.51. The molecule has 1 aromatic heterocycles. The molecule has 0 aliphatic heterocycles. The smallest absolute Gasteiger partial charge is 0.216 e. The van der Waals surface area contributed by atoms with Crippen LogP contribution in [0.5, 0.6) is 5.75 Å². The van der Waals surface area contributed by atoms with Crippen LogP contribution >= 0.6 is 0 Å². The van der Waals surface area contributed by atoms with Crippen LogP contribution in [-0.4, -0.2) is 33.7 Å². The summed E-state index contributed by atoms with van der Waals surface area (Å²) in [6.07, 6.45) is 0. The molecule has 6 heteroatoms. The Hall–Kier alpha value is -3.28.